The molecule has 0 spiro atoms. The molecule has 0 nitrogen and oxygen atoms in total. The van der Waals surface area contributed by atoms with Gasteiger partial charge in [0.25, 0.3) is 0 Å². The van der Waals surface area contributed by atoms with Gasteiger partial charge in [-0.3, -0.25) is 14.1 Å². The Morgan fingerprint density at radius 3 is 0.600 bits per heavy atom. The van der Waals surface area contributed by atoms with Crippen LogP contribution >= 0.6 is 0 Å². The molecule has 0 amide bonds. The molecular formula is H7Ca2F3. The van der Waals surface area contributed by atoms with Crippen molar-refractivity contribution < 1.29 is 19.8 Å². The van der Waals surface area contributed by atoms with Gasteiger partial charge in [-0.05, 0) is 0 Å². The minimum Gasteiger partial charge on any atom is -1.00 e. The summed E-state index contributed by atoms with van der Waals surface area (Å²) in [5.41, 5.74) is 0. The second kappa shape index (κ2) is 33.3. The molecule has 0 aromatic carbocycles. The molecule has 0 aliphatic rings. The van der Waals surface area contributed by atoms with E-state index in [0.717, 1.165) is 0 Å². The van der Waals surface area contributed by atoms with Gasteiger partial charge >= 0.3 is 75.5 Å². The molecule has 0 fully saturated rings. The third kappa shape index (κ3) is 22.0. The fourth-order valence-electron chi connectivity index (χ4n) is 0. The third-order valence-electron chi connectivity index (χ3n) is 0. The van der Waals surface area contributed by atoms with Crippen molar-refractivity contribution in [1.29, 1.82) is 0 Å². The van der Waals surface area contributed by atoms with Gasteiger partial charge in [-0.15, -0.1) is 0 Å². The van der Waals surface area contributed by atoms with E-state index in [9.17, 15) is 0 Å². The molecule has 0 aliphatic carbocycles. The zero-order valence-electron chi connectivity index (χ0n) is 6.64. The minimum atomic E-state index is 0. The van der Waals surface area contributed by atoms with Crippen LogP contribution in [0, 0.1) is 0 Å². The molecule has 0 aromatic heterocycles. The molecule has 0 aromatic rings. The van der Waals surface area contributed by atoms with Crippen LogP contribution in [-0.2, 0) is 0 Å². The second-order valence-electron chi connectivity index (χ2n) is 0. The summed E-state index contributed by atoms with van der Waals surface area (Å²) >= 11 is 0. The zero-order valence-corrected chi connectivity index (χ0v) is 7.06. The quantitative estimate of drug-likeness (QED) is 0.424. The Bertz CT molecular complexity index is 13.8. The molecule has 0 radical (unpaired) electrons. The molecule has 0 N–H and O–H groups in total. The predicted octanol–water partition coefficient (Wildman–Crippen LogP) is 0.146. The first-order valence-corrected chi connectivity index (χ1v) is 0. The van der Waals surface area contributed by atoms with Gasteiger partial charge in [-0.1, -0.05) is 0 Å². The van der Waals surface area contributed by atoms with E-state index in [4.69, 9.17) is 0 Å². The Balaban J connectivity index is 0. The molecule has 5 heavy (non-hydrogen) atoms. The van der Waals surface area contributed by atoms with Gasteiger partial charge in [0.05, 0.1) is 0 Å². The average molecular weight is 144 g/mol. The topological polar surface area (TPSA) is 0 Å². The smallest absolute Gasteiger partial charge is 1.00 e. The Labute approximate surface area is 93.7 Å². The van der Waals surface area contributed by atoms with Crippen molar-refractivity contribution >= 4 is 75.5 Å². The standard InChI is InChI=1S/2Ca.3FH.4H/h;;3*1H;;;;/q2*+2;;;;4*-1. The summed E-state index contributed by atoms with van der Waals surface area (Å²) in [5, 5.41) is 0. The first-order chi connectivity index (χ1) is 0. The van der Waals surface area contributed by atoms with Gasteiger partial charge in [-0.2, -0.15) is 0 Å². The molecule has 32 valence electrons. The van der Waals surface area contributed by atoms with E-state index in [-0.39, 0.29) is 95.3 Å². The van der Waals surface area contributed by atoms with Crippen molar-refractivity contribution in [2.24, 2.45) is 0 Å². The van der Waals surface area contributed by atoms with Crippen molar-refractivity contribution in [2.75, 3.05) is 0 Å². The van der Waals surface area contributed by atoms with Gasteiger partial charge in [0, 0.05) is 0 Å². The Morgan fingerprint density at radius 1 is 0.600 bits per heavy atom. The number of hydrogen-bond acceptors (Lipinski definition) is 0. The van der Waals surface area contributed by atoms with Crippen LogP contribution in [0.25, 0.3) is 0 Å². The van der Waals surface area contributed by atoms with Crippen LogP contribution in [0.3, 0.4) is 0 Å². The molecular weight excluding hydrogens is 137 g/mol. The van der Waals surface area contributed by atoms with Crippen molar-refractivity contribution in [2.45, 2.75) is 0 Å². The fraction of sp³-hybridized carbons (Fsp3) is 0. The molecule has 0 saturated carbocycles. The van der Waals surface area contributed by atoms with E-state index in [0.29, 0.717) is 0 Å². The molecule has 0 heterocycles. The minimum absolute atomic E-state index is 0. The number of rotatable bonds is 0. The summed E-state index contributed by atoms with van der Waals surface area (Å²) in [6.07, 6.45) is 0. The van der Waals surface area contributed by atoms with Gasteiger partial charge < -0.3 is 5.71 Å². The largest absolute Gasteiger partial charge is 2.00 e. The summed E-state index contributed by atoms with van der Waals surface area (Å²) in [6, 6.07) is 0. The predicted molar refractivity (Wildman–Crippen MR) is 23.5 cm³/mol. The van der Waals surface area contributed by atoms with Crippen molar-refractivity contribution in [3.05, 3.63) is 0 Å². The van der Waals surface area contributed by atoms with Gasteiger partial charge in [0.15, 0.2) is 0 Å². The van der Waals surface area contributed by atoms with E-state index in [1.165, 1.54) is 0 Å². The van der Waals surface area contributed by atoms with Gasteiger partial charge in [-0.25, -0.2) is 0 Å². The SMILES string of the molecule is F.F.F.[Ca+2].[Ca+2].[H-].[H-].[H-].[H-]. The maximum Gasteiger partial charge on any atom is 2.00 e. The van der Waals surface area contributed by atoms with Crippen LogP contribution in [0.1, 0.15) is 5.71 Å². The summed E-state index contributed by atoms with van der Waals surface area (Å²) in [4.78, 5) is 0. The van der Waals surface area contributed by atoms with Crippen LogP contribution in [0.15, 0.2) is 0 Å². The van der Waals surface area contributed by atoms with Gasteiger partial charge in [0.2, 0.25) is 0 Å². The number of hydrogen-bond donors (Lipinski definition) is 0. The summed E-state index contributed by atoms with van der Waals surface area (Å²) in [5.74, 6) is 0. The Hall–Kier alpha value is 2.31. The van der Waals surface area contributed by atoms with Crippen molar-refractivity contribution in [1.82, 2.24) is 0 Å². The first kappa shape index (κ1) is 54.6. The van der Waals surface area contributed by atoms with E-state index < -0.39 is 0 Å². The van der Waals surface area contributed by atoms with Gasteiger partial charge in [0.1, 0.15) is 0 Å². The molecule has 0 atom stereocenters. The summed E-state index contributed by atoms with van der Waals surface area (Å²) in [7, 11) is 0. The Morgan fingerprint density at radius 2 is 0.600 bits per heavy atom. The van der Waals surface area contributed by atoms with Crippen molar-refractivity contribution in [3.8, 4) is 0 Å². The molecule has 0 rings (SSSR count). The van der Waals surface area contributed by atoms with E-state index in [1.54, 1.807) is 0 Å². The van der Waals surface area contributed by atoms with E-state index in [1.807, 2.05) is 0 Å². The normalized spacial score (nSPS) is 0. The van der Waals surface area contributed by atoms with Crippen LogP contribution in [0.4, 0.5) is 14.1 Å². The summed E-state index contributed by atoms with van der Waals surface area (Å²) in [6.45, 7) is 0. The molecule has 0 bridgehead atoms. The van der Waals surface area contributed by atoms with Crippen molar-refractivity contribution in [3.63, 3.8) is 0 Å². The average Bonchev–Trinajstić information content (AvgIpc) is 0. The Kier molecular flexibility index (Phi) is 364. The first-order valence-electron chi connectivity index (χ1n) is 0. The van der Waals surface area contributed by atoms with E-state index in [2.05, 4.69) is 0 Å². The molecule has 0 aliphatic heterocycles. The number of halogens is 3. The monoisotopic (exact) mass is 144 g/mol. The van der Waals surface area contributed by atoms with Crippen LogP contribution in [0.2, 0.25) is 0 Å². The van der Waals surface area contributed by atoms with E-state index >= 15 is 0 Å². The molecule has 0 unspecified atom stereocenters. The zero-order chi connectivity index (χ0) is 0. The maximum atomic E-state index is 0. The third-order valence-corrected chi connectivity index (χ3v) is 0. The van der Waals surface area contributed by atoms with Crippen LogP contribution in [-0.4, -0.2) is 75.5 Å². The van der Waals surface area contributed by atoms with Crippen LogP contribution in [0.5, 0.6) is 0 Å². The molecule has 5 heteroatoms. The summed E-state index contributed by atoms with van der Waals surface area (Å²) < 4.78 is 0. The fourth-order valence-corrected chi connectivity index (χ4v) is 0. The molecule has 0 saturated heterocycles. The van der Waals surface area contributed by atoms with Crippen LogP contribution < -0.4 is 0 Å². The maximum absolute atomic E-state index is 0. The second-order valence-corrected chi connectivity index (χ2v) is 0.